The van der Waals surface area contributed by atoms with E-state index in [4.69, 9.17) is 25.8 Å². The Morgan fingerprint density at radius 1 is 1.24 bits per heavy atom. The molecule has 2 aromatic carbocycles. The maximum atomic E-state index is 14.6. The molecule has 1 aliphatic rings. The highest BCUT2D eigenvalue weighted by Gasteiger charge is 2.40. The van der Waals surface area contributed by atoms with Crippen LogP contribution in [0.15, 0.2) is 36.4 Å². The van der Waals surface area contributed by atoms with Crippen LogP contribution in [-0.4, -0.2) is 34.5 Å². The van der Waals surface area contributed by atoms with Crippen LogP contribution in [0.1, 0.15) is 60.8 Å². The van der Waals surface area contributed by atoms with Crippen LogP contribution >= 0.6 is 11.6 Å². The second-order valence-electron chi connectivity index (χ2n) is 8.00. The van der Waals surface area contributed by atoms with Gasteiger partial charge in [-0.05, 0) is 49.2 Å². The molecular weight excluding hydrogens is 468 g/mol. The first-order valence-corrected chi connectivity index (χ1v) is 11.1. The fraction of sp³-hybridized carbons (Fsp3) is 0.375. The largest absolute Gasteiger partial charge is 0.496 e. The number of rotatable bonds is 6. The number of hydrogen-bond donors (Lipinski definition) is 0. The first kappa shape index (κ1) is 24.1. The molecule has 0 aliphatic carbocycles. The summed E-state index contributed by atoms with van der Waals surface area (Å²) in [5, 5.41) is 8.18. The summed E-state index contributed by atoms with van der Waals surface area (Å²) in [5.41, 5.74) is 2.45. The lowest BCUT2D eigenvalue weighted by atomic mass is 9.95. The van der Waals surface area contributed by atoms with E-state index in [1.165, 1.54) is 4.57 Å². The lowest BCUT2D eigenvalue weighted by Crippen LogP contribution is -2.19. The Kier molecular flexibility index (Phi) is 6.60. The third kappa shape index (κ3) is 4.37. The summed E-state index contributed by atoms with van der Waals surface area (Å²) in [6.07, 6.45) is -2.00. The van der Waals surface area contributed by atoms with Gasteiger partial charge < -0.3 is 14.2 Å². The summed E-state index contributed by atoms with van der Waals surface area (Å²) < 4.78 is 47.4. The van der Waals surface area contributed by atoms with Crippen molar-refractivity contribution in [3.8, 4) is 11.4 Å². The Hall–Kier alpha value is -3.04. The van der Waals surface area contributed by atoms with E-state index in [1.54, 1.807) is 32.2 Å². The first-order valence-electron chi connectivity index (χ1n) is 10.7. The Morgan fingerprint density at radius 3 is 2.68 bits per heavy atom. The number of methoxy groups -OCH3 is 1. The van der Waals surface area contributed by atoms with E-state index >= 15 is 0 Å². The Balaban J connectivity index is 1.98. The van der Waals surface area contributed by atoms with Crippen molar-refractivity contribution in [2.24, 2.45) is 0 Å². The monoisotopic (exact) mass is 491 g/mol. The molecule has 2 heterocycles. The zero-order valence-electron chi connectivity index (χ0n) is 19.1. The summed E-state index contributed by atoms with van der Waals surface area (Å²) in [6, 6.07) is 10.4. The molecule has 0 unspecified atom stereocenters. The topological polar surface area (TPSA) is 75.5 Å². The lowest BCUT2D eigenvalue weighted by Gasteiger charge is -2.24. The van der Waals surface area contributed by atoms with Crippen molar-refractivity contribution < 1.29 is 27.8 Å². The molecule has 2 atom stereocenters. The van der Waals surface area contributed by atoms with Crippen LogP contribution in [0.5, 0.6) is 5.75 Å². The second-order valence-corrected chi connectivity index (χ2v) is 8.43. The number of esters is 1. The predicted molar refractivity (Wildman–Crippen MR) is 121 cm³/mol. The average molecular weight is 492 g/mol. The molecule has 0 radical (unpaired) electrons. The smallest absolute Gasteiger partial charge is 0.308 e. The molecule has 7 nitrogen and oxygen atoms in total. The highest BCUT2D eigenvalue weighted by atomic mass is 35.5. The van der Waals surface area contributed by atoms with E-state index in [1.807, 2.05) is 25.1 Å². The van der Waals surface area contributed by atoms with Gasteiger partial charge in [-0.25, -0.2) is 0 Å². The van der Waals surface area contributed by atoms with Crippen molar-refractivity contribution in [3.63, 3.8) is 0 Å². The van der Waals surface area contributed by atoms with E-state index in [2.05, 4.69) is 10.2 Å². The van der Waals surface area contributed by atoms with Gasteiger partial charge in [0.15, 0.2) is 5.82 Å². The maximum Gasteiger partial charge on any atom is 0.308 e. The molecule has 3 aromatic rings. The number of hydrogen-bond acceptors (Lipinski definition) is 6. The van der Waals surface area contributed by atoms with Gasteiger partial charge in [-0.1, -0.05) is 23.7 Å². The number of carbonyl (C=O) groups excluding carboxylic acids is 1. The SMILES string of the molecule is CCOC(=O)C[C@H]1O[C@H](c2cccc(OC)c2C)c2cc(Cl)ccc2-n2c1nnc2C(C)(F)F. The molecule has 0 amide bonds. The number of aromatic nitrogens is 3. The zero-order chi connectivity index (χ0) is 24.6. The van der Waals surface area contributed by atoms with Crippen molar-refractivity contribution in [2.45, 2.75) is 45.3 Å². The van der Waals surface area contributed by atoms with Gasteiger partial charge in [-0.3, -0.25) is 9.36 Å². The van der Waals surface area contributed by atoms with Crippen LogP contribution in [-0.2, 0) is 20.2 Å². The maximum absolute atomic E-state index is 14.6. The molecular formula is C24H24ClF2N3O4. The number of alkyl halides is 2. The van der Waals surface area contributed by atoms with Crippen molar-refractivity contribution in [3.05, 3.63) is 69.8 Å². The Bertz CT molecular complexity index is 1230. The molecule has 34 heavy (non-hydrogen) atoms. The zero-order valence-corrected chi connectivity index (χ0v) is 19.9. The van der Waals surface area contributed by atoms with Gasteiger partial charge in [-0.15, -0.1) is 10.2 Å². The van der Waals surface area contributed by atoms with E-state index < -0.39 is 29.9 Å². The van der Waals surface area contributed by atoms with Crippen LogP contribution in [0.2, 0.25) is 5.02 Å². The molecule has 180 valence electrons. The lowest BCUT2D eigenvalue weighted by molar-refractivity contribution is -0.147. The van der Waals surface area contributed by atoms with Crippen molar-refractivity contribution in [1.29, 1.82) is 0 Å². The van der Waals surface area contributed by atoms with Crippen molar-refractivity contribution in [1.82, 2.24) is 14.8 Å². The summed E-state index contributed by atoms with van der Waals surface area (Å²) in [5.74, 6) is -3.70. The van der Waals surface area contributed by atoms with E-state index in [9.17, 15) is 13.6 Å². The molecule has 0 saturated heterocycles. The van der Waals surface area contributed by atoms with Gasteiger partial charge in [0.25, 0.3) is 0 Å². The summed E-state index contributed by atoms with van der Waals surface area (Å²) in [4.78, 5) is 12.4. The van der Waals surface area contributed by atoms with Crippen molar-refractivity contribution >= 4 is 17.6 Å². The number of fused-ring (bicyclic) bond motifs is 3. The number of carbonyl (C=O) groups is 1. The van der Waals surface area contributed by atoms with Gasteiger partial charge in [0, 0.05) is 17.5 Å². The van der Waals surface area contributed by atoms with E-state index in [0.717, 1.165) is 18.1 Å². The van der Waals surface area contributed by atoms with Gasteiger partial charge in [0.1, 0.15) is 18.0 Å². The van der Waals surface area contributed by atoms with Crippen LogP contribution in [0.4, 0.5) is 8.78 Å². The third-order valence-electron chi connectivity index (χ3n) is 5.67. The fourth-order valence-electron chi connectivity index (χ4n) is 4.15. The van der Waals surface area contributed by atoms with Gasteiger partial charge in [-0.2, -0.15) is 8.78 Å². The number of benzene rings is 2. The van der Waals surface area contributed by atoms with Crippen LogP contribution in [0.3, 0.4) is 0 Å². The Morgan fingerprint density at radius 2 is 2.00 bits per heavy atom. The third-order valence-corrected chi connectivity index (χ3v) is 5.90. The second kappa shape index (κ2) is 9.31. The number of nitrogens with zero attached hydrogens (tertiary/aromatic N) is 3. The van der Waals surface area contributed by atoms with E-state index in [-0.39, 0.29) is 18.9 Å². The van der Waals surface area contributed by atoms with Gasteiger partial charge in [0.05, 0.1) is 25.8 Å². The predicted octanol–water partition coefficient (Wildman–Crippen LogP) is 5.46. The molecule has 0 fully saturated rings. The normalized spacial score (nSPS) is 17.5. The van der Waals surface area contributed by atoms with Gasteiger partial charge in [0.2, 0.25) is 5.82 Å². The van der Waals surface area contributed by atoms with E-state index in [0.29, 0.717) is 22.0 Å². The van der Waals surface area contributed by atoms with Crippen LogP contribution in [0.25, 0.3) is 5.69 Å². The van der Waals surface area contributed by atoms with Crippen LogP contribution in [0, 0.1) is 6.92 Å². The molecule has 1 aliphatic heterocycles. The molecule has 0 bridgehead atoms. The molecule has 0 spiro atoms. The Labute approximate surface area is 200 Å². The number of ether oxygens (including phenoxy) is 3. The average Bonchev–Trinajstić information content (AvgIpc) is 3.18. The highest BCUT2D eigenvalue weighted by Crippen LogP contribution is 2.45. The molecule has 0 N–H and O–H groups in total. The molecule has 1 aromatic heterocycles. The van der Waals surface area contributed by atoms with Crippen LogP contribution < -0.4 is 4.74 Å². The minimum atomic E-state index is -3.30. The summed E-state index contributed by atoms with van der Waals surface area (Å²) in [6.45, 7) is 4.48. The molecule has 10 heteroatoms. The standard InChI is InChI=1S/C24H24ClF2N3O4/c1-5-33-20(31)12-19-22-28-29-23(24(3,26)27)30(22)17-10-9-14(25)11-16(17)21(34-19)15-7-6-8-18(32-4)13(15)2/h6-11,19,21H,5,12H2,1-4H3/t19-,21-/m1/s1. The quantitative estimate of drug-likeness (QED) is 0.426. The minimum absolute atomic E-state index is 0.0798. The summed E-state index contributed by atoms with van der Waals surface area (Å²) >= 11 is 6.33. The minimum Gasteiger partial charge on any atom is -0.496 e. The number of halogens is 3. The fourth-order valence-corrected chi connectivity index (χ4v) is 4.33. The highest BCUT2D eigenvalue weighted by molar-refractivity contribution is 6.30. The molecule has 4 rings (SSSR count). The van der Waals surface area contributed by atoms with Gasteiger partial charge >= 0.3 is 11.9 Å². The van der Waals surface area contributed by atoms with Crippen molar-refractivity contribution in [2.75, 3.05) is 13.7 Å². The molecule has 0 saturated carbocycles. The first-order chi connectivity index (χ1) is 16.2. The summed E-state index contributed by atoms with van der Waals surface area (Å²) in [7, 11) is 1.56.